The van der Waals surface area contributed by atoms with Crippen molar-refractivity contribution in [1.29, 1.82) is 0 Å². The molecular formula is C18H35NO2. The van der Waals surface area contributed by atoms with E-state index in [4.69, 9.17) is 0 Å². The maximum Gasteiger partial charge on any atom is 0.308 e. The van der Waals surface area contributed by atoms with E-state index in [0.29, 0.717) is 11.3 Å². The molecule has 1 saturated carbocycles. The molecule has 0 aliphatic heterocycles. The van der Waals surface area contributed by atoms with Crippen molar-refractivity contribution in [3.05, 3.63) is 0 Å². The van der Waals surface area contributed by atoms with Crippen molar-refractivity contribution >= 4 is 5.97 Å². The summed E-state index contributed by atoms with van der Waals surface area (Å²) in [5.74, 6) is -0.132. The summed E-state index contributed by atoms with van der Waals surface area (Å²) in [4.78, 5) is 13.9. The first-order valence-electron chi connectivity index (χ1n) is 8.76. The normalized spacial score (nSPS) is 27.0. The van der Waals surface area contributed by atoms with Crippen molar-refractivity contribution in [2.24, 2.45) is 17.3 Å². The first kappa shape index (κ1) is 18.5. The predicted molar refractivity (Wildman–Crippen MR) is 88.5 cm³/mol. The fourth-order valence-electron chi connectivity index (χ4n) is 3.70. The molecule has 0 amide bonds. The van der Waals surface area contributed by atoms with Gasteiger partial charge in [-0.05, 0) is 50.6 Å². The Morgan fingerprint density at radius 2 is 1.90 bits per heavy atom. The number of hydrogen-bond acceptors (Lipinski definition) is 2. The second-order valence-electron chi connectivity index (χ2n) is 7.55. The predicted octanol–water partition coefficient (Wildman–Crippen LogP) is 4.41. The lowest BCUT2D eigenvalue weighted by molar-refractivity contribution is -0.146. The zero-order valence-corrected chi connectivity index (χ0v) is 14.7. The molecule has 0 aromatic carbocycles. The van der Waals surface area contributed by atoms with Gasteiger partial charge in [0.15, 0.2) is 0 Å². The van der Waals surface area contributed by atoms with Crippen LogP contribution < -0.4 is 0 Å². The largest absolute Gasteiger partial charge is 0.481 e. The standard InChI is InChI=1S/C18H35NO2/c1-6-8-9-12-19(5)16-13-14(18(3,4)7-2)10-11-15(16)17(20)21/h14-16H,6-13H2,1-5H3,(H,20,21). The third-order valence-electron chi connectivity index (χ3n) is 5.83. The lowest BCUT2D eigenvalue weighted by Crippen LogP contribution is -2.48. The number of carbonyl (C=O) groups is 1. The van der Waals surface area contributed by atoms with Crippen LogP contribution in [0.1, 0.15) is 72.6 Å². The van der Waals surface area contributed by atoms with Crippen LogP contribution in [0.4, 0.5) is 0 Å². The van der Waals surface area contributed by atoms with E-state index in [2.05, 4.69) is 39.6 Å². The van der Waals surface area contributed by atoms with Crippen LogP contribution in [0.15, 0.2) is 0 Å². The van der Waals surface area contributed by atoms with Crippen LogP contribution in [0.3, 0.4) is 0 Å². The van der Waals surface area contributed by atoms with Crippen LogP contribution in [0, 0.1) is 17.3 Å². The molecule has 0 aromatic rings. The van der Waals surface area contributed by atoms with Crippen LogP contribution in [-0.4, -0.2) is 35.6 Å². The summed E-state index contributed by atoms with van der Waals surface area (Å²) >= 11 is 0. The van der Waals surface area contributed by atoms with E-state index in [-0.39, 0.29) is 12.0 Å². The second-order valence-corrected chi connectivity index (χ2v) is 7.55. The van der Waals surface area contributed by atoms with Gasteiger partial charge in [-0.2, -0.15) is 0 Å². The number of carboxylic acids is 1. The molecule has 3 heteroatoms. The molecule has 1 aliphatic carbocycles. The van der Waals surface area contributed by atoms with Crippen molar-refractivity contribution in [2.75, 3.05) is 13.6 Å². The Hall–Kier alpha value is -0.570. The van der Waals surface area contributed by atoms with E-state index < -0.39 is 5.97 Å². The summed E-state index contributed by atoms with van der Waals surface area (Å²) in [6.07, 6.45) is 7.74. The lowest BCUT2D eigenvalue weighted by atomic mass is 9.65. The average Bonchev–Trinajstić information content (AvgIpc) is 2.46. The quantitative estimate of drug-likeness (QED) is 0.674. The molecular weight excluding hydrogens is 262 g/mol. The van der Waals surface area contributed by atoms with Crippen LogP contribution >= 0.6 is 0 Å². The molecule has 3 atom stereocenters. The van der Waals surface area contributed by atoms with Crippen molar-refractivity contribution in [2.45, 2.75) is 78.7 Å². The molecule has 0 spiro atoms. The van der Waals surface area contributed by atoms with E-state index in [0.717, 1.165) is 25.8 Å². The Kier molecular flexibility index (Phi) is 7.19. The van der Waals surface area contributed by atoms with Gasteiger partial charge in [0.1, 0.15) is 0 Å². The zero-order valence-electron chi connectivity index (χ0n) is 14.7. The Morgan fingerprint density at radius 1 is 1.24 bits per heavy atom. The maximum absolute atomic E-state index is 11.6. The number of hydrogen-bond donors (Lipinski definition) is 1. The second kappa shape index (κ2) is 8.17. The van der Waals surface area contributed by atoms with Gasteiger partial charge in [-0.15, -0.1) is 0 Å². The van der Waals surface area contributed by atoms with Gasteiger partial charge in [-0.3, -0.25) is 4.79 Å². The Bertz CT molecular complexity index is 327. The highest BCUT2D eigenvalue weighted by molar-refractivity contribution is 5.71. The molecule has 0 saturated heterocycles. The van der Waals surface area contributed by atoms with Crippen LogP contribution in [-0.2, 0) is 4.79 Å². The number of aliphatic carboxylic acids is 1. The highest BCUT2D eigenvalue weighted by Gasteiger charge is 2.41. The molecule has 0 heterocycles. The Balaban J connectivity index is 2.74. The number of rotatable bonds is 8. The van der Waals surface area contributed by atoms with Gasteiger partial charge >= 0.3 is 5.97 Å². The van der Waals surface area contributed by atoms with Gasteiger partial charge in [0.05, 0.1) is 5.92 Å². The SMILES string of the molecule is CCCCCN(C)C1CC(C(C)(C)CC)CCC1C(=O)O. The number of carboxylic acid groups (broad SMARTS) is 1. The van der Waals surface area contributed by atoms with Crippen LogP contribution in [0.5, 0.6) is 0 Å². The molecule has 1 rings (SSSR count). The first-order chi connectivity index (χ1) is 9.83. The summed E-state index contributed by atoms with van der Waals surface area (Å²) in [6, 6.07) is 0.212. The minimum atomic E-state index is -0.602. The fraction of sp³-hybridized carbons (Fsp3) is 0.944. The summed E-state index contributed by atoms with van der Waals surface area (Å²) in [6.45, 7) is 10.2. The molecule has 0 radical (unpaired) electrons. The highest BCUT2D eigenvalue weighted by atomic mass is 16.4. The average molecular weight is 297 g/mol. The van der Waals surface area contributed by atoms with Gasteiger partial charge in [-0.25, -0.2) is 0 Å². The molecule has 1 aliphatic rings. The molecule has 3 unspecified atom stereocenters. The Labute approximate surface area is 131 Å². The molecule has 0 aromatic heterocycles. The van der Waals surface area contributed by atoms with E-state index in [1.165, 1.54) is 25.7 Å². The van der Waals surface area contributed by atoms with Crippen LogP contribution in [0.25, 0.3) is 0 Å². The van der Waals surface area contributed by atoms with Gasteiger partial charge in [0, 0.05) is 6.04 Å². The van der Waals surface area contributed by atoms with E-state index in [1.54, 1.807) is 0 Å². The minimum Gasteiger partial charge on any atom is -0.481 e. The van der Waals surface area contributed by atoms with Crippen molar-refractivity contribution in [3.63, 3.8) is 0 Å². The molecule has 0 bridgehead atoms. The summed E-state index contributed by atoms with van der Waals surface area (Å²) in [7, 11) is 2.12. The molecule has 3 nitrogen and oxygen atoms in total. The number of unbranched alkanes of at least 4 members (excludes halogenated alkanes) is 2. The van der Waals surface area contributed by atoms with Crippen molar-refractivity contribution in [3.8, 4) is 0 Å². The zero-order chi connectivity index (χ0) is 16.0. The Morgan fingerprint density at radius 3 is 2.43 bits per heavy atom. The topological polar surface area (TPSA) is 40.5 Å². The van der Waals surface area contributed by atoms with Gasteiger partial charge in [0.2, 0.25) is 0 Å². The smallest absolute Gasteiger partial charge is 0.308 e. The number of nitrogens with zero attached hydrogens (tertiary/aromatic N) is 1. The van der Waals surface area contributed by atoms with E-state index in [9.17, 15) is 9.90 Å². The van der Waals surface area contributed by atoms with E-state index in [1.807, 2.05) is 0 Å². The molecule has 1 N–H and O–H groups in total. The third kappa shape index (κ3) is 4.98. The van der Waals surface area contributed by atoms with Gasteiger partial charge in [-0.1, -0.05) is 47.0 Å². The fourth-order valence-corrected chi connectivity index (χ4v) is 3.70. The first-order valence-corrected chi connectivity index (χ1v) is 8.76. The molecule has 21 heavy (non-hydrogen) atoms. The molecule has 1 fully saturated rings. The maximum atomic E-state index is 11.6. The van der Waals surface area contributed by atoms with Gasteiger partial charge in [0.25, 0.3) is 0 Å². The minimum absolute atomic E-state index is 0.180. The monoisotopic (exact) mass is 297 g/mol. The van der Waals surface area contributed by atoms with Crippen LogP contribution in [0.2, 0.25) is 0 Å². The van der Waals surface area contributed by atoms with Crippen molar-refractivity contribution < 1.29 is 9.90 Å². The third-order valence-corrected chi connectivity index (χ3v) is 5.83. The summed E-state index contributed by atoms with van der Waals surface area (Å²) in [5, 5.41) is 9.55. The summed E-state index contributed by atoms with van der Waals surface area (Å²) in [5.41, 5.74) is 0.325. The van der Waals surface area contributed by atoms with E-state index >= 15 is 0 Å². The lowest BCUT2D eigenvalue weighted by Gasteiger charge is -2.45. The van der Waals surface area contributed by atoms with Crippen molar-refractivity contribution in [1.82, 2.24) is 4.90 Å². The summed E-state index contributed by atoms with van der Waals surface area (Å²) < 4.78 is 0. The highest BCUT2D eigenvalue weighted by Crippen LogP contribution is 2.43. The molecule has 124 valence electrons. The van der Waals surface area contributed by atoms with Gasteiger partial charge < -0.3 is 10.0 Å².